The number of esters is 1. The number of carbonyl (C=O) groups is 3. The fourth-order valence-electron chi connectivity index (χ4n) is 3.34. The third-order valence-corrected chi connectivity index (χ3v) is 5.82. The van der Waals surface area contributed by atoms with Gasteiger partial charge in [0, 0.05) is 4.88 Å². The average Bonchev–Trinajstić information content (AvgIpc) is 3.06. The Hall–Kier alpha value is -2.87. The molecule has 2 amide bonds. The van der Waals surface area contributed by atoms with E-state index in [0.29, 0.717) is 22.0 Å². The first-order valence-corrected chi connectivity index (χ1v) is 10.4. The van der Waals surface area contributed by atoms with Gasteiger partial charge in [-0.3, -0.25) is 14.4 Å². The molecule has 0 fully saturated rings. The van der Waals surface area contributed by atoms with Crippen molar-refractivity contribution in [2.45, 2.75) is 39.0 Å². The van der Waals surface area contributed by atoms with E-state index in [4.69, 9.17) is 9.47 Å². The second-order valence-electron chi connectivity index (χ2n) is 6.60. The van der Waals surface area contributed by atoms with E-state index in [0.717, 1.165) is 36.1 Å². The number of rotatable bonds is 7. The third kappa shape index (κ3) is 4.95. The van der Waals surface area contributed by atoms with Crippen LogP contribution in [0.4, 0.5) is 10.7 Å². The molecule has 1 aromatic carbocycles. The van der Waals surface area contributed by atoms with Gasteiger partial charge in [-0.25, -0.2) is 0 Å². The molecule has 0 atom stereocenters. The molecule has 154 valence electrons. The monoisotopic (exact) mass is 416 g/mol. The Bertz CT molecular complexity index is 922. The van der Waals surface area contributed by atoms with Gasteiger partial charge in [-0.2, -0.15) is 0 Å². The molecule has 0 saturated heterocycles. The maximum atomic E-state index is 13.1. The minimum absolute atomic E-state index is 0.214. The lowest BCUT2D eigenvalue weighted by molar-refractivity contribution is -0.145. The number of ether oxygens (including phenoxy) is 2. The predicted octanol–water partition coefficient (Wildman–Crippen LogP) is 3.78. The molecule has 0 spiro atoms. The molecule has 7 nitrogen and oxygen atoms in total. The summed E-state index contributed by atoms with van der Waals surface area (Å²) in [4.78, 5) is 38.1. The minimum atomic E-state index is -0.591. The number of methoxy groups -OCH3 is 1. The normalized spacial score (nSPS) is 12.6. The molecule has 0 radical (unpaired) electrons. The Kier molecular flexibility index (Phi) is 6.87. The van der Waals surface area contributed by atoms with Gasteiger partial charge in [-0.1, -0.05) is 12.1 Å². The average molecular weight is 416 g/mol. The Morgan fingerprint density at radius 3 is 2.62 bits per heavy atom. The second kappa shape index (κ2) is 9.56. The molecule has 2 N–H and O–H groups in total. The van der Waals surface area contributed by atoms with E-state index in [9.17, 15) is 14.4 Å². The van der Waals surface area contributed by atoms with Crippen LogP contribution in [-0.4, -0.2) is 31.5 Å². The van der Waals surface area contributed by atoms with Gasteiger partial charge in [-0.15, -0.1) is 11.3 Å². The van der Waals surface area contributed by atoms with Crippen LogP contribution < -0.4 is 15.4 Å². The van der Waals surface area contributed by atoms with Gasteiger partial charge >= 0.3 is 5.97 Å². The first kappa shape index (κ1) is 20.9. The van der Waals surface area contributed by atoms with Gasteiger partial charge in [0.15, 0.2) is 0 Å². The molecule has 2 aromatic rings. The topological polar surface area (TPSA) is 93.7 Å². The van der Waals surface area contributed by atoms with E-state index in [1.54, 1.807) is 26.2 Å². The van der Waals surface area contributed by atoms with Crippen LogP contribution in [0.2, 0.25) is 0 Å². The smallest absolute Gasteiger partial charge is 0.315 e. The summed E-state index contributed by atoms with van der Waals surface area (Å²) in [7, 11) is 1.54. The summed E-state index contributed by atoms with van der Waals surface area (Å²) in [6, 6.07) is 7.15. The summed E-state index contributed by atoms with van der Waals surface area (Å²) < 4.78 is 10.1. The molecule has 1 aromatic heterocycles. The maximum absolute atomic E-state index is 13.1. The van der Waals surface area contributed by atoms with Crippen molar-refractivity contribution in [3.05, 3.63) is 40.3 Å². The number of hydrogen-bond donors (Lipinski definition) is 2. The van der Waals surface area contributed by atoms with Gasteiger partial charge in [0.2, 0.25) is 5.91 Å². The molecule has 0 aliphatic heterocycles. The van der Waals surface area contributed by atoms with Crippen molar-refractivity contribution in [3.63, 3.8) is 0 Å². The molecule has 8 heteroatoms. The van der Waals surface area contributed by atoms with Gasteiger partial charge in [0.05, 0.1) is 25.0 Å². The molecule has 0 saturated carbocycles. The Labute approximate surface area is 173 Å². The number of fused-ring (bicyclic) bond motifs is 1. The van der Waals surface area contributed by atoms with Crippen LogP contribution in [0.3, 0.4) is 0 Å². The summed E-state index contributed by atoms with van der Waals surface area (Å²) >= 11 is 1.40. The van der Waals surface area contributed by atoms with Gasteiger partial charge in [0.25, 0.3) is 5.91 Å². The summed E-state index contributed by atoms with van der Waals surface area (Å²) in [6.07, 6.45) is 3.33. The van der Waals surface area contributed by atoms with Crippen molar-refractivity contribution in [3.8, 4) is 5.75 Å². The second-order valence-corrected chi connectivity index (χ2v) is 7.70. The number of thiophene rings is 1. The number of anilines is 2. The van der Waals surface area contributed by atoms with Crippen LogP contribution in [0.5, 0.6) is 5.75 Å². The fourth-order valence-corrected chi connectivity index (χ4v) is 4.64. The molecular formula is C21H24N2O5S. The van der Waals surface area contributed by atoms with Gasteiger partial charge in [-0.05, 0) is 50.3 Å². The first-order valence-electron chi connectivity index (χ1n) is 9.57. The van der Waals surface area contributed by atoms with Crippen LogP contribution in [-0.2, 0) is 27.2 Å². The molecule has 29 heavy (non-hydrogen) atoms. The quantitative estimate of drug-likeness (QED) is 0.529. The van der Waals surface area contributed by atoms with E-state index in [1.807, 2.05) is 12.1 Å². The van der Waals surface area contributed by atoms with Gasteiger partial charge < -0.3 is 20.1 Å². The number of carbonyl (C=O) groups excluding carboxylic acids is 3. The number of hydrogen-bond acceptors (Lipinski definition) is 6. The van der Waals surface area contributed by atoms with Crippen LogP contribution in [0.1, 0.15) is 47.0 Å². The molecule has 1 aliphatic rings. The van der Waals surface area contributed by atoms with E-state index >= 15 is 0 Å². The molecular weight excluding hydrogens is 392 g/mol. The van der Waals surface area contributed by atoms with Crippen molar-refractivity contribution >= 4 is 39.8 Å². The highest BCUT2D eigenvalue weighted by Gasteiger charge is 2.27. The highest BCUT2D eigenvalue weighted by Crippen LogP contribution is 2.39. The summed E-state index contributed by atoms with van der Waals surface area (Å²) in [5, 5.41) is 6.10. The van der Waals surface area contributed by atoms with Crippen LogP contribution in [0.25, 0.3) is 0 Å². The minimum Gasteiger partial charge on any atom is -0.495 e. The lowest BCUT2D eigenvalue weighted by Crippen LogP contribution is -2.21. The number of nitrogens with one attached hydrogen (secondary N) is 2. The van der Waals surface area contributed by atoms with Crippen molar-refractivity contribution in [2.75, 3.05) is 24.4 Å². The van der Waals surface area contributed by atoms with Crippen molar-refractivity contribution < 1.29 is 23.9 Å². The van der Waals surface area contributed by atoms with Crippen molar-refractivity contribution in [1.82, 2.24) is 0 Å². The molecule has 1 heterocycles. The summed E-state index contributed by atoms with van der Waals surface area (Å²) in [5.74, 6) is -0.835. The maximum Gasteiger partial charge on any atom is 0.315 e. The summed E-state index contributed by atoms with van der Waals surface area (Å²) in [5.41, 5.74) is 1.99. The zero-order valence-electron chi connectivity index (χ0n) is 16.5. The zero-order chi connectivity index (χ0) is 20.8. The van der Waals surface area contributed by atoms with Gasteiger partial charge in [0.1, 0.15) is 17.2 Å². The van der Waals surface area contributed by atoms with E-state index in [2.05, 4.69) is 10.6 Å². The Morgan fingerprint density at radius 1 is 1.10 bits per heavy atom. The molecule has 0 unspecified atom stereocenters. The Morgan fingerprint density at radius 2 is 1.86 bits per heavy atom. The molecule has 0 bridgehead atoms. The Balaban J connectivity index is 1.86. The number of para-hydroxylation sites is 2. The highest BCUT2D eigenvalue weighted by molar-refractivity contribution is 7.17. The predicted molar refractivity (Wildman–Crippen MR) is 112 cm³/mol. The van der Waals surface area contributed by atoms with E-state index < -0.39 is 11.9 Å². The SMILES string of the molecule is CCOC(=O)CC(=O)Nc1sc2c(c1C(=O)Nc1ccccc1OC)CCCC2. The first-order chi connectivity index (χ1) is 14.0. The standard InChI is InChI=1S/C21H24N2O5S/c1-3-28-18(25)12-17(24)23-21-19(13-8-4-7-11-16(13)29-21)20(26)22-14-9-5-6-10-15(14)27-2/h5-6,9-10H,3-4,7-8,11-12H2,1-2H3,(H,22,26)(H,23,24). The summed E-state index contributed by atoms with van der Waals surface area (Å²) in [6.45, 7) is 1.90. The molecule has 1 aliphatic carbocycles. The van der Waals surface area contributed by atoms with Crippen molar-refractivity contribution in [2.24, 2.45) is 0 Å². The number of aryl methyl sites for hydroxylation is 1. The zero-order valence-corrected chi connectivity index (χ0v) is 17.3. The lowest BCUT2D eigenvalue weighted by atomic mass is 9.95. The lowest BCUT2D eigenvalue weighted by Gasteiger charge is -2.14. The van der Waals surface area contributed by atoms with Crippen molar-refractivity contribution in [1.29, 1.82) is 0 Å². The third-order valence-electron chi connectivity index (χ3n) is 4.62. The number of amides is 2. The van der Waals surface area contributed by atoms with Crippen LogP contribution in [0.15, 0.2) is 24.3 Å². The van der Waals surface area contributed by atoms with E-state index in [1.165, 1.54) is 11.3 Å². The molecule has 3 rings (SSSR count). The van der Waals surface area contributed by atoms with Crippen LogP contribution in [0, 0.1) is 0 Å². The highest BCUT2D eigenvalue weighted by atomic mass is 32.1. The van der Waals surface area contributed by atoms with E-state index in [-0.39, 0.29) is 18.9 Å². The largest absolute Gasteiger partial charge is 0.495 e. The fraction of sp³-hybridized carbons (Fsp3) is 0.381. The number of benzene rings is 1. The van der Waals surface area contributed by atoms with Crippen LogP contribution >= 0.6 is 11.3 Å².